The van der Waals surface area contributed by atoms with E-state index >= 15 is 0 Å². The number of anilines is 1. The second-order valence-corrected chi connectivity index (χ2v) is 7.64. The van der Waals surface area contributed by atoms with Crippen LogP contribution in [0, 0.1) is 5.92 Å². The third kappa shape index (κ3) is 4.32. The molecule has 29 heavy (non-hydrogen) atoms. The number of benzene rings is 1. The van der Waals surface area contributed by atoms with Crippen LogP contribution in [0.2, 0.25) is 5.02 Å². The predicted molar refractivity (Wildman–Crippen MR) is 113 cm³/mol. The minimum Gasteiger partial charge on any atom is -0.492 e. The van der Waals surface area contributed by atoms with Crippen molar-refractivity contribution < 1.29 is 9.53 Å². The lowest BCUT2D eigenvalue weighted by Crippen LogP contribution is -2.51. The van der Waals surface area contributed by atoms with Crippen LogP contribution >= 0.6 is 11.6 Å². The van der Waals surface area contributed by atoms with Gasteiger partial charge < -0.3 is 14.5 Å². The maximum Gasteiger partial charge on any atom is 0.229 e. The Kier molecular flexibility index (Phi) is 6.18. The summed E-state index contributed by atoms with van der Waals surface area (Å²) >= 11 is 6.36. The number of hydrazine groups is 1. The molecule has 1 amide bonds. The summed E-state index contributed by atoms with van der Waals surface area (Å²) in [5, 5.41) is 0.563. The van der Waals surface area contributed by atoms with Crippen molar-refractivity contribution in [2.24, 2.45) is 5.92 Å². The number of rotatable bonds is 5. The Morgan fingerprint density at radius 1 is 1.24 bits per heavy atom. The normalized spacial score (nSPS) is 22.0. The first-order valence-electron chi connectivity index (χ1n) is 10.0. The van der Waals surface area contributed by atoms with Gasteiger partial charge in [0.05, 0.1) is 23.6 Å². The van der Waals surface area contributed by atoms with Gasteiger partial charge >= 0.3 is 0 Å². The van der Waals surface area contributed by atoms with Gasteiger partial charge in [0, 0.05) is 38.9 Å². The molecule has 4 rings (SSSR count). The molecule has 1 aromatic heterocycles. The number of pyridine rings is 1. The van der Waals surface area contributed by atoms with Gasteiger partial charge in [-0.25, -0.2) is 10.4 Å². The number of piperazine rings is 1. The summed E-state index contributed by atoms with van der Waals surface area (Å²) in [5.74, 6) is 1.62. The number of ether oxygens (including phenoxy) is 1. The maximum absolute atomic E-state index is 13.2. The molecule has 3 heterocycles. The summed E-state index contributed by atoms with van der Waals surface area (Å²) < 4.78 is 5.52. The van der Waals surface area contributed by atoms with Crippen LogP contribution in [0.15, 0.2) is 42.6 Å². The highest BCUT2D eigenvalue weighted by atomic mass is 35.5. The number of carbonyl (C=O) groups excluding carboxylic acids is 1. The first-order valence-corrected chi connectivity index (χ1v) is 10.4. The van der Waals surface area contributed by atoms with Crippen LogP contribution in [0.25, 0.3) is 0 Å². The van der Waals surface area contributed by atoms with E-state index in [0.29, 0.717) is 37.0 Å². The number of aromatic nitrogens is 1. The van der Waals surface area contributed by atoms with Crippen molar-refractivity contribution in [3.63, 3.8) is 0 Å². The quantitative estimate of drug-likeness (QED) is 0.780. The lowest BCUT2D eigenvalue weighted by atomic mass is 9.93. The average molecular weight is 416 g/mol. The van der Waals surface area contributed by atoms with Crippen LogP contribution in [0.5, 0.6) is 5.75 Å². The van der Waals surface area contributed by atoms with E-state index in [1.54, 1.807) is 6.20 Å². The monoisotopic (exact) mass is 415 g/mol. The van der Waals surface area contributed by atoms with Crippen molar-refractivity contribution in [3.05, 3.63) is 53.2 Å². The molecule has 0 aliphatic carbocycles. The fourth-order valence-electron chi connectivity index (χ4n) is 3.96. The first-order chi connectivity index (χ1) is 14.2. The predicted octanol–water partition coefficient (Wildman–Crippen LogP) is 2.25. The molecular formula is C21H26ClN5O2. The summed E-state index contributed by atoms with van der Waals surface area (Å²) in [4.78, 5) is 21.8. The number of hydrogen-bond donors (Lipinski definition) is 2. The van der Waals surface area contributed by atoms with Gasteiger partial charge in [0.25, 0.3) is 0 Å². The number of amides is 1. The summed E-state index contributed by atoms with van der Waals surface area (Å²) in [6.45, 7) is 6.05. The van der Waals surface area contributed by atoms with Gasteiger partial charge in [0.2, 0.25) is 5.91 Å². The Balaban J connectivity index is 1.41. The molecule has 0 spiro atoms. The van der Waals surface area contributed by atoms with E-state index in [1.807, 2.05) is 48.2 Å². The average Bonchev–Trinajstić information content (AvgIpc) is 3.25. The molecule has 0 saturated carbocycles. The van der Waals surface area contributed by atoms with Crippen molar-refractivity contribution in [2.75, 3.05) is 44.2 Å². The highest BCUT2D eigenvalue weighted by Crippen LogP contribution is 2.32. The van der Waals surface area contributed by atoms with Crippen LogP contribution in [0.1, 0.15) is 18.5 Å². The van der Waals surface area contributed by atoms with E-state index in [-0.39, 0.29) is 17.9 Å². The Bertz CT molecular complexity index is 842. The minimum atomic E-state index is -0.176. The number of carbonyl (C=O) groups is 1. The fraction of sp³-hybridized carbons (Fsp3) is 0.429. The summed E-state index contributed by atoms with van der Waals surface area (Å²) in [7, 11) is 0. The molecule has 0 bridgehead atoms. The third-order valence-electron chi connectivity index (χ3n) is 5.48. The molecule has 0 radical (unpaired) electrons. The number of halogens is 1. The fourth-order valence-corrected chi connectivity index (χ4v) is 4.20. The van der Waals surface area contributed by atoms with Gasteiger partial charge in [0.15, 0.2) is 0 Å². The van der Waals surface area contributed by atoms with Crippen molar-refractivity contribution in [3.8, 4) is 5.75 Å². The molecule has 2 N–H and O–H groups in total. The Labute approximate surface area is 176 Å². The van der Waals surface area contributed by atoms with Crippen LogP contribution < -0.4 is 20.5 Å². The minimum absolute atomic E-state index is 0.121. The van der Waals surface area contributed by atoms with Crippen LogP contribution in [-0.4, -0.2) is 55.1 Å². The molecule has 2 unspecified atom stereocenters. The zero-order valence-corrected chi connectivity index (χ0v) is 17.2. The van der Waals surface area contributed by atoms with Gasteiger partial charge in [-0.3, -0.25) is 10.2 Å². The van der Waals surface area contributed by atoms with E-state index in [4.69, 9.17) is 16.3 Å². The zero-order chi connectivity index (χ0) is 20.2. The Morgan fingerprint density at radius 2 is 2.07 bits per heavy atom. The topological polar surface area (TPSA) is 69.7 Å². The summed E-state index contributed by atoms with van der Waals surface area (Å²) in [6, 6.07) is 11.5. The molecule has 2 saturated heterocycles. The third-order valence-corrected chi connectivity index (χ3v) is 5.77. The molecule has 2 atom stereocenters. The molecule has 8 heteroatoms. The second-order valence-electron chi connectivity index (χ2n) is 7.23. The van der Waals surface area contributed by atoms with Crippen molar-refractivity contribution in [2.45, 2.75) is 13.0 Å². The maximum atomic E-state index is 13.2. The first kappa shape index (κ1) is 19.9. The molecule has 2 aromatic rings. The number of nitrogens with one attached hydrogen (secondary N) is 2. The van der Waals surface area contributed by atoms with Gasteiger partial charge in [-0.1, -0.05) is 23.7 Å². The molecule has 154 valence electrons. The van der Waals surface area contributed by atoms with Crippen LogP contribution in [0.3, 0.4) is 0 Å². The van der Waals surface area contributed by atoms with Gasteiger partial charge in [-0.15, -0.1) is 0 Å². The van der Waals surface area contributed by atoms with Gasteiger partial charge in [0.1, 0.15) is 11.6 Å². The standard InChI is InChI=1S/C21H26ClN5O2/c1-2-29-18-7-6-15(13-17(18)22)20-16(14-24-25-20)21(28)27-11-9-26(10-12-27)19-5-3-4-8-23-19/h3-8,13,16,20,24-25H,2,9-12,14H2,1H3. The van der Waals surface area contributed by atoms with Crippen molar-refractivity contribution in [1.82, 2.24) is 20.7 Å². The molecule has 2 aliphatic heterocycles. The lowest BCUT2D eigenvalue weighted by molar-refractivity contribution is -0.135. The van der Waals surface area contributed by atoms with E-state index in [0.717, 1.165) is 24.5 Å². The number of nitrogens with zero attached hydrogens (tertiary/aromatic N) is 3. The lowest BCUT2D eigenvalue weighted by Gasteiger charge is -2.37. The van der Waals surface area contributed by atoms with Gasteiger partial charge in [-0.2, -0.15) is 0 Å². The SMILES string of the molecule is CCOc1ccc(C2NNCC2C(=O)N2CCN(c3ccccn3)CC2)cc1Cl. The van der Waals surface area contributed by atoms with E-state index in [2.05, 4.69) is 20.7 Å². The van der Waals surface area contributed by atoms with Crippen LogP contribution in [-0.2, 0) is 4.79 Å². The second kappa shape index (κ2) is 8.98. The molecule has 2 aliphatic rings. The van der Waals surface area contributed by atoms with E-state index in [9.17, 15) is 4.79 Å². The molecule has 1 aromatic carbocycles. The number of hydrogen-bond acceptors (Lipinski definition) is 6. The summed E-state index contributed by atoms with van der Waals surface area (Å²) in [5.41, 5.74) is 7.36. The molecular weight excluding hydrogens is 390 g/mol. The smallest absolute Gasteiger partial charge is 0.229 e. The Hall–Kier alpha value is -2.35. The highest BCUT2D eigenvalue weighted by Gasteiger charge is 2.37. The Morgan fingerprint density at radius 3 is 2.76 bits per heavy atom. The van der Waals surface area contributed by atoms with E-state index in [1.165, 1.54) is 0 Å². The highest BCUT2D eigenvalue weighted by molar-refractivity contribution is 6.32. The van der Waals surface area contributed by atoms with Gasteiger partial charge in [-0.05, 0) is 36.8 Å². The molecule has 7 nitrogen and oxygen atoms in total. The van der Waals surface area contributed by atoms with Crippen LogP contribution in [0.4, 0.5) is 5.82 Å². The molecule has 2 fully saturated rings. The largest absolute Gasteiger partial charge is 0.492 e. The van der Waals surface area contributed by atoms with E-state index < -0.39 is 0 Å². The zero-order valence-electron chi connectivity index (χ0n) is 16.5. The van der Waals surface area contributed by atoms with Crippen molar-refractivity contribution >= 4 is 23.3 Å². The summed E-state index contributed by atoms with van der Waals surface area (Å²) in [6.07, 6.45) is 1.80. The van der Waals surface area contributed by atoms with Crippen molar-refractivity contribution in [1.29, 1.82) is 0 Å².